The van der Waals surface area contributed by atoms with Crippen LogP contribution in [-0.2, 0) is 13.1 Å². The molecule has 1 aliphatic rings. The average molecular weight is 360 g/mol. The zero-order valence-corrected chi connectivity index (χ0v) is 17.1. The number of hydrogen-bond acceptors (Lipinski definition) is 3. The fourth-order valence-corrected chi connectivity index (χ4v) is 3.27. The summed E-state index contributed by atoms with van der Waals surface area (Å²) in [4.78, 5) is 9.44. The number of nitrogens with one attached hydrogen (secondary N) is 2. The van der Waals surface area contributed by atoms with Crippen molar-refractivity contribution in [3.63, 3.8) is 0 Å². The summed E-state index contributed by atoms with van der Waals surface area (Å²) in [6.45, 7) is 15.4. The molecule has 1 saturated heterocycles. The topological polar surface area (TPSA) is 42.9 Å². The van der Waals surface area contributed by atoms with Gasteiger partial charge in [-0.1, -0.05) is 45.0 Å². The molecule has 1 fully saturated rings. The maximum atomic E-state index is 4.34. The Morgan fingerprint density at radius 1 is 1.04 bits per heavy atom. The van der Waals surface area contributed by atoms with Crippen LogP contribution in [0.3, 0.4) is 0 Å². The molecule has 5 heteroatoms. The smallest absolute Gasteiger partial charge is 0.191 e. The summed E-state index contributed by atoms with van der Waals surface area (Å²) < 4.78 is 0. The molecule has 1 aromatic rings. The van der Waals surface area contributed by atoms with Gasteiger partial charge in [0.05, 0.1) is 0 Å². The Morgan fingerprint density at radius 3 is 2.31 bits per heavy atom. The van der Waals surface area contributed by atoms with Crippen LogP contribution in [0.15, 0.2) is 29.3 Å². The fourth-order valence-electron chi connectivity index (χ4n) is 3.27. The lowest BCUT2D eigenvalue weighted by Gasteiger charge is -2.34. The minimum absolute atomic E-state index is 0.703. The molecule has 0 bridgehead atoms. The van der Waals surface area contributed by atoms with Crippen LogP contribution in [-0.4, -0.2) is 62.1 Å². The number of likely N-dealkylation sites (N-methyl/N-ethyl adjacent to an activating group) is 1. The molecule has 146 valence electrons. The predicted octanol–water partition coefficient (Wildman–Crippen LogP) is 2.54. The second-order valence-electron chi connectivity index (χ2n) is 7.51. The SMILES string of the molecule is CCN1CCN(Cc2ccccc2CNC(=NC)NCCC(C)C)CC1. The van der Waals surface area contributed by atoms with Crippen LogP contribution in [0.25, 0.3) is 0 Å². The Bertz CT molecular complexity index is 547. The summed E-state index contributed by atoms with van der Waals surface area (Å²) in [5.41, 5.74) is 2.78. The minimum Gasteiger partial charge on any atom is -0.356 e. The lowest BCUT2D eigenvalue weighted by atomic mass is 10.1. The zero-order chi connectivity index (χ0) is 18.8. The Hall–Kier alpha value is -1.59. The summed E-state index contributed by atoms with van der Waals surface area (Å²) in [7, 11) is 1.84. The molecule has 1 aromatic carbocycles. The van der Waals surface area contributed by atoms with E-state index in [-0.39, 0.29) is 0 Å². The van der Waals surface area contributed by atoms with Crippen molar-refractivity contribution in [2.24, 2.45) is 10.9 Å². The monoisotopic (exact) mass is 359 g/mol. The summed E-state index contributed by atoms with van der Waals surface area (Å²) in [6, 6.07) is 8.77. The summed E-state index contributed by atoms with van der Waals surface area (Å²) in [5.74, 6) is 1.59. The van der Waals surface area contributed by atoms with Crippen LogP contribution in [0.2, 0.25) is 0 Å². The summed E-state index contributed by atoms with van der Waals surface area (Å²) in [6.07, 6.45) is 1.15. The van der Waals surface area contributed by atoms with E-state index in [9.17, 15) is 0 Å². The van der Waals surface area contributed by atoms with Crippen LogP contribution >= 0.6 is 0 Å². The summed E-state index contributed by atoms with van der Waals surface area (Å²) in [5, 5.41) is 6.87. The molecule has 2 N–H and O–H groups in total. The molecule has 0 radical (unpaired) electrons. The van der Waals surface area contributed by atoms with E-state index >= 15 is 0 Å². The van der Waals surface area contributed by atoms with Crippen molar-refractivity contribution in [1.82, 2.24) is 20.4 Å². The molecule has 0 unspecified atom stereocenters. The van der Waals surface area contributed by atoms with Crippen LogP contribution < -0.4 is 10.6 Å². The van der Waals surface area contributed by atoms with Gasteiger partial charge in [0.15, 0.2) is 5.96 Å². The number of benzene rings is 1. The maximum Gasteiger partial charge on any atom is 0.191 e. The number of hydrogen-bond donors (Lipinski definition) is 2. The van der Waals surface area contributed by atoms with Crippen molar-refractivity contribution >= 4 is 5.96 Å². The van der Waals surface area contributed by atoms with Gasteiger partial charge in [0, 0.05) is 52.9 Å². The third-order valence-electron chi connectivity index (χ3n) is 5.11. The van der Waals surface area contributed by atoms with E-state index in [1.54, 1.807) is 0 Å². The number of rotatable bonds is 8. The molecule has 0 amide bonds. The number of aliphatic imine (C=N–C) groups is 1. The molecule has 0 aliphatic carbocycles. The number of guanidine groups is 1. The van der Waals surface area contributed by atoms with E-state index in [4.69, 9.17) is 0 Å². The first-order chi connectivity index (χ1) is 12.6. The highest BCUT2D eigenvalue weighted by Gasteiger charge is 2.16. The second kappa shape index (κ2) is 11.2. The van der Waals surface area contributed by atoms with Crippen LogP contribution in [0, 0.1) is 5.92 Å². The standard InChI is InChI=1S/C21H37N5/c1-5-25-12-14-26(15-13-25)17-20-9-7-6-8-19(20)16-24-21(22-4)23-11-10-18(2)3/h6-9,18H,5,10-17H2,1-4H3,(H2,22,23,24). The van der Waals surface area contributed by atoms with Gasteiger partial charge < -0.3 is 15.5 Å². The molecule has 0 atom stereocenters. The number of nitrogens with zero attached hydrogens (tertiary/aromatic N) is 3. The first kappa shape index (κ1) is 20.7. The Labute approximate surface area is 159 Å². The van der Waals surface area contributed by atoms with Crippen LogP contribution in [0.4, 0.5) is 0 Å². The number of piperazine rings is 1. The molecule has 1 aliphatic heterocycles. The van der Waals surface area contributed by atoms with Crippen molar-refractivity contribution in [1.29, 1.82) is 0 Å². The Kier molecular flexibility index (Phi) is 8.92. The normalized spacial score (nSPS) is 16.9. The third-order valence-corrected chi connectivity index (χ3v) is 5.11. The molecule has 0 aromatic heterocycles. The molecular formula is C21H37N5. The molecule has 2 rings (SSSR count). The quantitative estimate of drug-likeness (QED) is 0.553. The lowest BCUT2D eigenvalue weighted by molar-refractivity contribution is 0.131. The van der Waals surface area contributed by atoms with Crippen molar-refractivity contribution in [2.45, 2.75) is 40.3 Å². The van der Waals surface area contributed by atoms with E-state index in [1.165, 1.54) is 24.2 Å². The Morgan fingerprint density at radius 2 is 1.69 bits per heavy atom. The minimum atomic E-state index is 0.703. The van der Waals surface area contributed by atoms with Gasteiger partial charge in [0.2, 0.25) is 0 Å². The molecule has 5 nitrogen and oxygen atoms in total. The van der Waals surface area contributed by atoms with Gasteiger partial charge in [-0.3, -0.25) is 9.89 Å². The summed E-state index contributed by atoms with van der Waals surface area (Å²) >= 11 is 0. The largest absolute Gasteiger partial charge is 0.356 e. The average Bonchev–Trinajstić information content (AvgIpc) is 2.66. The van der Waals surface area contributed by atoms with E-state index in [2.05, 4.69) is 70.5 Å². The van der Waals surface area contributed by atoms with Crippen LogP contribution in [0.5, 0.6) is 0 Å². The molecule has 0 saturated carbocycles. The third kappa shape index (κ3) is 6.96. The van der Waals surface area contributed by atoms with Gasteiger partial charge in [0.25, 0.3) is 0 Å². The maximum absolute atomic E-state index is 4.34. The predicted molar refractivity (Wildman–Crippen MR) is 111 cm³/mol. The van der Waals surface area contributed by atoms with E-state index in [0.29, 0.717) is 5.92 Å². The second-order valence-corrected chi connectivity index (χ2v) is 7.51. The van der Waals surface area contributed by atoms with Crippen LogP contribution in [0.1, 0.15) is 38.3 Å². The first-order valence-electron chi connectivity index (χ1n) is 10.1. The highest BCUT2D eigenvalue weighted by molar-refractivity contribution is 5.79. The zero-order valence-electron chi connectivity index (χ0n) is 17.1. The van der Waals surface area contributed by atoms with Gasteiger partial charge in [-0.05, 0) is 30.0 Å². The highest BCUT2D eigenvalue weighted by atomic mass is 15.3. The van der Waals surface area contributed by atoms with E-state index in [0.717, 1.165) is 51.6 Å². The van der Waals surface area contributed by atoms with Gasteiger partial charge in [-0.25, -0.2) is 0 Å². The molecule has 1 heterocycles. The van der Waals surface area contributed by atoms with Gasteiger partial charge in [-0.15, -0.1) is 0 Å². The van der Waals surface area contributed by atoms with Gasteiger partial charge >= 0.3 is 0 Å². The van der Waals surface area contributed by atoms with Crippen molar-refractivity contribution in [3.05, 3.63) is 35.4 Å². The van der Waals surface area contributed by atoms with Crippen molar-refractivity contribution in [2.75, 3.05) is 46.3 Å². The fraction of sp³-hybridized carbons (Fsp3) is 0.667. The lowest BCUT2D eigenvalue weighted by Crippen LogP contribution is -2.45. The van der Waals surface area contributed by atoms with Crippen molar-refractivity contribution in [3.8, 4) is 0 Å². The molecular weight excluding hydrogens is 322 g/mol. The highest BCUT2D eigenvalue weighted by Crippen LogP contribution is 2.13. The van der Waals surface area contributed by atoms with E-state index in [1.807, 2.05) is 7.05 Å². The van der Waals surface area contributed by atoms with Gasteiger partial charge in [0.1, 0.15) is 0 Å². The van der Waals surface area contributed by atoms with Crippen molar-refractivity contribution < 1.29 is 0 Å². The van der Waals surface area contributed by atoms with E-state index < -0.39 is 0 Å². The first-order valence-corrected chi connectivity index (χ1v) is 10.1. The Balaban J connectivity index is 1.86. The molecule has 26 heavy (non-hydrogen) atoms. The molecule has 0 spiro atoms. The van der Waals surface area contributed by atoms with Gasteiger partial charge in [-0.2, -0.15) is 0 Å².